The van der Waals surface area contributed by atoms with Crippen LogP contribution in [0.4, 0.5) is 0 Å². The molecule has 0 aliphatic carbocycles. The minimum absolute atomic E-state index is 0.110. The molecule has 0 radical (unpaired) electrons. The van der Waals surface area contributed by atoms with E-state index in [1.54, 1.807) is 13.8 Å². The zero-order chi connectivity index (χ0) is 14.5. The topological polar surface area (TPSA) is 64.6 Å². The third kappa shape index (κ3) is 3.81. The van der Waals surface area contributed by atoms with Crippen molar-refractivity contribution in [1.82, 2.24) is 5.32 Å². The van der Waals surface area contributed by atoms with Crippen LogP contribution in [0.25, 0.3) is 0 Å². The van der Waals surface area contributed by atoms with Crippen molar-refractivity contribution in [2.45, 2.75) is 39.2 Å². The van der Waals surface area contributed by atoms with Gasteiger partial charge < -0.3 is 14.8 Å². The summed E-state index contributed by atoms with van der Waals surface area (Å²) in [5.74, 6) is -0.598. The average molecular weight is 277 g/mol. The molecule has 1 N–H and O–H groups in total. The number of hydrogen-bond donors (Lipinski definition) is 1. The van der Waals surface area contributed by atoms with Crippen molar-refractivity contribution in [2.75, 3.05) is 0 Å². The minimum atomic E-state index is -0.717. The molecule has 1 saturated heterocycles. The summed E-state index contributed by atoms with van der Waals surface area (Å²) in [6, 6.07) is 9.19. The second-order valence-corrected chi connectivity index (χ2v) is 5.13. The van der Waals surface area contributed by atoms with Crippen LogP contribution in [0.15, 0.2) is 30.3 Å². The Morgan fingerprint density at radius 2 is 2.10 bits per heavy atom. The van der Waals surface area contributed by atoms with Crippen molar-refractivity contribution in [3.63, 3.8) is 0 Å². The van der Waals surface area contributed by atoms with Gasteiger partial charge in [0.15, 0.2) is 0 Å². The van der Waals surface area contributed by atoms with Crippen LogP contribution in [0.5, 0.6) is 0 Å². The second kappa shape index (κ2) is 6.52. The van der Waals surface area contributed by atoms with Crippen molar-refractivity contribution in [2.24, 2.45) is 5.92 Å². The molecule has 0 spiro atoms. The van der Waals surface area contributed by atoms with E-state index in [-0.39, 0.29) is 24.2 Å². The van der Waals surface area contributed by atoms with E-state index in [1.807, 2.05) is 30.3 Å². The van der Waals surface area contributed by atoms with Gasteiger partial charge in [-0.2, -0.15) is 0 Å². The standard InChI is InChI=1S/C15H19NO4/c1-10(2)14(18)16-12-8-13(17)20-15(12)19-9-11-6-4-3-5-7-11/h3-7,10,12,15H,8-9H2,1-2H3,(H,16,18)/t12-,15?/m0/s1. The smallest absolute Gasteiger partial charge is 0.310 e. The molecule has 0 bridgehead atoms. The Morgan fingerprint density at radius 3 is 2.75 bits per heavy atom. The van der Waals surface area contributed by atoms with Crippen LogP contribution in [-0.4, -0.2) is 24.2 Å². The maximum absolute atomic E-state index is 11.7. The number of esters is 1. The quantitative estimate of drug-likeness (QED) is 0.831. The lowest BCUT2D eigenvalue weighted by molar-refractivity contribution is -0.168. The fourth-order valence-corrected chi connectivity index (χ4v) is 1.91. The predicted molar refractivity (Wildman–Crippen MR) is 72.5 cm³/mol. The first kappa shape index (κ1) is 14.5. The van der Waals surface area contributed by atoms with Gasteiger partial charge in [0.25, 0.3) is 0 Å². The number of cyclic esters (lactones) is 1. The zero-order valence-electron chi connectivity index (χ0n) is 11.7. The summed E-state index contributed by atoms with van der Waals surface area (Å²) in [6.45, 7) is 3.94. The van der Waals surface area contributed by atoms with E-state index in [1.165, 1.54) is 0 Å². The molecule has 1 unspecified atom stereocenters. The van der Waals surface area contributed by atoms with Crippen LogP contribution in [0.3, 0.4) is 0 Å². The van der Waals surface area contributed by atoms with E-state index < -0.39 is 12.3 Å². The van der Waals surface area contributed by atoms with Crippen LogP contribution in [0, 0.1) is 5.92 Å². The molecule has 108 valence electrons. The van der Waals surface area contributed by atoms with Gasteiger partial charge in [-0.1, -0.05) is 44.2 Å². The predicted octanol–water partition coefficient (Wildman–Crippen LogP) is 1.62. The fraction of sp³-hybridized carbons (Fsp3) is 0.467. The van der Waals surface area contributed by atoms with Gasteiger partial charge in [-0.25, -0.2) is 0 Å². The Kier molecular flexibility index (Phi) is 4.74. The SMILES string of the molecule is CC(C)C(=O)N[C@H]1CC(=O)OC1OCc1ccccc1. The van der Waals surface area contributed by atoms with Gasteiger partial charge in [-0.15, -0.1) is 0 Å². The molecule has 1 aromatic carbocycles. The van der Waals surface area contributed by atoms with E-state index in [0.717, 1.165) is 5.56 Å². The lowest BCUT2D eigenvalue weighted by Crippen LogP contribution is -2.43. The molecule has 1 heterocycles. The number of amides is 1. The van der Waals surface area contributed by atoms with Gasteiger partial charge in [0.05, 0.1) is 13.0 Å². The molecule has 2 rings (SSSR count). The molecule has 1 aliphatic heterocycles. The normalized spacial score (nSPS) is 21.9. The van der Waals surface area contributed by atoms with Crippen LogP contribution >= 0.6 is 0 Å². The van der Waals surface area contributed by atoms with Crippen LogP contribution in [0.2, 0.25) is 0 Å². The highest BCUT2D eigenvalue weighted by molar-refractivity contribution is 5.80. The zero-order valence-corrected chi connectivity index (χ0v) is 11.7. The Balaban J connectivity index is 1.91. The Hall–Kier alpha value is -1.88. The van der Waals surface area contributed by atoms with Crippen LogP contribution < -0.4 is 5.32 Å². The van der Waals surface area contributed by atoms with E-state index in [4.69, 9.17) is 9.47 Å². The third-order valence-electron chi connectivity index (χ3n) is 3.07. The molecule has 20 heavy (non-hydrogen) atoms. The van der Waals surface area contributed by atoms with Crippen molar-refractivity contribution in [1.29, 1.82) is 0 Å². The fourth-order valence-electron chi connectivity index (χ4n) is 1.91. The van der Waals surface area contributed by atoms with E-state index in [2.05, 4.69) is 5.32 Å². The monoisotopic (exact) mass is 277 g/mol. The van der Waals surface area contributed by atoms with E-state index >= 15 is 0 Å². The molecule has 0 aromatic heterocycles. The molecule has 5 nitrogen and oxygen atoms in total. The number of carbonyl (C=O) groups excluding carboxylic acids is 2. The molecule has 2 atom stereocenters. The summed E-state index contributed by atoms with van der Waals surface area (Å²) in [7, 11) is 0. The van der Waals surface area contributed by atoms with Gasteiger partial charge in [-0.3, -0.25) is 9.59 Å². The highest BCUT2D eigenvalue weighted by atomic mass is 16.7. The van der Waals surface area contributed by atoms with Crippen molar-refractivity contribution >= 4 is 11.9 Å². The molecule has 5 heteroatoms. The molecular formula is C15H19NO4. The lowest BCUT2D eigenvalue weighted by atomic mass is 10.1. The van der Waals surface area contributed by atoms with Gasteiger partial charge in [0.1, 0.15) is 6.04 Å². The van der Waals surface area contributed by atoms with Gasteiger partial charge >= 0.3 is 5.97 Å². The summed E-state index contributed by atoms with van der Waals surface area (Å²) in [5, 5.41) is 2.79. The molecule has 0 saturated carbocycles. The number of benzene rings is 1. The number of rotatable bonds is 5. The number of ether oxygens (including phenoxy) is 2. The van der Waals surface area contributed by atoms with Crippen molar-refractivity contribution in [3.05, 3.63) is 35.9 Å². The molecule has 1 amide bonds. The number of hydrogen-bond acceptors (Lipinski definition) is 4. The van der Waals surface area contributed by atoms with Gasteiger partial charge in [-0.05, 0) is 5.56 Å². The van der Waals surface area contributed by atoms with Gasteiger partial charge in [0.2, 0.25) is 12.2 Å². The second-order valence-electron chi connectivity index (χ2n) is 5.13. The van der Waals surface area contributed by atoms with Crippen LogP contribution in [-0.2, 0) is 25.7 Å². The largest absolute Gasteiger partial charge is 0.433 e. The number of nitrogens with one attached hydrogen (secondary N) is 1. The summed E-state index contributed by atoms with van der Waals surface area (Å²) >= 11 is 0. The average Bonchev–Trinajstić information content (AvgIpc) is 2.77. The summed E-state index contributed by atoms with van der Waals surface area (Å²) in [5.41, 5.74) is 0.990. The highest BCUT2D eigenvalue weighted by Crippen LogP contribution is 2.18. The maximum Gasteiger partial charge on any atom is 0.310 e. The summed E-state index contributed by atoms with van der Waals surface area (Å²) < 4.78 is 10.7. The first-order valence-corrected chi connectivity index (χ1v) is 6.71. The Morgan fingerprint density at radius 1 is 1.40 bits per heavy atom. The number of carbonyl (C=O) groups is 2. The lowest BCUT2D eigenvalue weighted by Gasteiger charge is -2.20. The highest BCUT2D eigenvalue weighted by Gasteiger charge is 2.37. The molecular weight excluding hydrogens is 258 g/mol. The molecule has 1 aromatic rings. The third-order valence-corrected chi connectivity index (χ3v) is 3.07. The van der Waals surface area contributed by atoms with E-state index in [9.17, 15) is 9.59 Å². The first-order chi connectivity index (χ1) is 9.56. The summed E-state index contributed by atoms with van der Waals surface area (Å²) in [4.78, 5) is 23.1. The minimum Gasteiger partial charge on any atom is -0.433 e. The van der Waals surface area contributed by atoms with E-state index in [0.29, 0.717) is 6.61 Å². The van der Waals surface area contributed by atoms with Crippen molar-refractivity contribution < 1.29 is 19.1 Å². The molecule has 1 fully saturated rings. The van der Waals surface area contributed by atoms with Crippen molar-refractivity contribution in [3.8, 4) is 0 Å². The maximum atomic E-state index is 11.7. The first-order valence-electron chi connectivity index (χ1n) is 6.71. The Bertz CT molecular complexity index is 472. The Labute approximate surface area is 118 Å². The molecule has 1 aliphatic rings. The summed E-state index contributed by atoms with van der Waals surface area (Å²) in [6.07, 6.45) is -0.567. The van der Waals surface area contributed by atoms with Gasteiger partial charge in [0, 0.05) is 5.92 Å². The van der Waals surface area contributed by atoms with Crippen LogP contribution in [0.1, 0.15) is 25.8 Å².